The molecule has 3 aliphatic rings. The molecule has 4 bridgehead atoms. The highest BCUT2D eigenvalue weighted by molar-refractivity contribution is 5.78. The summed E-state index contributed by atoms with van der Waals surface area (Å²) in [6.45, 7) is 5.57. The third-order valence-corrected chi connectivity index (χ3v) is 6.28. The zero-order valence-corrected chi connectivity index (χ0v) is 22.5. The number of nitrogens with one attached hydrogen (secondary N) is 2. The van der Waals surface area contributed by atoms with Gasteiger partial charge in [0.05, 0.1) is 78.0 Å². The molecule has 218 valence electrons. The molecular formula is C25H39N5O9. The second-order valence-corrected chi connectivity index (χ2v) is 9.11. The lowest BCUT2D eigenvalue weighted by atomic mass is 10.1. The molecule has 1 aromatic rings. The van der Waals surface area contributed by atoms with Gasteiger partial charge in [-0.05, 0) is 0 Å². The zero-order chi connectivity index (χ0) is 27.9. The van der Waals surface area contributed by atoms with Crippen LogP contribution in [0.1, 0.15) is 11.1 Å². The molecular weight excluding hydrogens is 514 g/mol. The molecule has 1 fully saturated rings. The van der Waals surface area contributed by atoms with E-state index in [0.29, 0.717) is 95.9 Å². The Morgan fingerprint density at radius 2 is 1.13 bits per heavy atom. The predicted molar refractivity (Wildman–Crippen MR) is 139 cm³/mol. The van der Waals surface area contributed by atoms with Crippen molar-refractivity contribution in [1.82, 2.24) is 20.4 Å². The van der Waals surface area contributed by atoms with Crippen molar-refractivity contribution in [1.29, 1.82) is 0 Å². The minimum absolute atomic E-state index is 0.0218. The summed E-state index contributed by atoms with van der Waals surface area (Å²) < 4.78 is 28.3. The van der Waals surface area contributed by atoms with Crippen LogP contribution in [0.5, 0.6) is 5.75 Å². The molecule has 0 saturated carbocycles. The van der Waals surface area contributed by atoms with Crippen LogP contribution in [0, 0.1) is 10.1 Å². The minimum atomic E-state index is -0.511. The maximum absolute atomic E-state index is 12.8. The fraction of sp³-hybridized carbons (Fsp3) is 0.680. The molecule has 14 nitrogen and oxygen atoms in total. The first-order valence-electron chi connectivity index (χ1n) is 13.1. The number of nitro benzene ring substituents is 1. The molecule has 2 amide bonds. The van der Waals surface area contributed by atoms with E-state index in [-0.39, 0.29) is 43.7 Å². The number of amides is 2. The Bertz CT molecular complexity index is 866. The van der Waals surface area contributed by atoms with Gasteiger partial charge in [-0.15, -0.1) is 0 Å². The number of benzene rings is 1. The number of fused-ring (bicyclic) bond motifs is 20. The fourth-order valence-electron chi connectivity index (χ4n) is 4.23. The second kappa shape index (κ2) is 16.9. The topological polar surface area (TPSA) is 154 Å². The van der Waals surface area contributed by atoms with Gasteiger partial charge in [0.1, 0.15) is 5.75 Å². The van der Waals surface area contributed by atoms with Gasteiger partial charge in [0, 0.05) is 62.5 Å². The highest BCUT2D eigenvalue weighted by atomic mass is 16.6. The molecule has 0 aliphatic carbocycles. The number of hydrogen-bond donors (Lipinski definition) is 2. The quantitative estimate of drug-likeness (QED) is 0.361. The summed E-state index contributed by atoms with van der Waals surface area (Å²) in [7, 11) is 1.45. The fourth-order valence-corrected chi connectivity index (χ4v) is 4.23. The third-order valence-electron chi connectivity index (χ3n) is 6.28. The van der Waals surface area contributed by atoms with Crippen molar-refractivity contribution < 1.29 is 38.2 Å². The van der Waals surface area contributed by atoms with Crippen LogP contribution in [-0.4, -0.2) is 126 Å². The van der Waals surface area contributed by atoms with Gasteiger partial charge in [-0.3, -0.25) is 29.5 Å². The second-order valence-electron chi connectivity index (χ2n) is 9.11. The first kappa shape index (κ1) is 30.7. The van der Waals surface area contributed by atoms with Gasteiger partial charge in [-0.1, -0.05) is 0 Å². The molecule has 4 rings (SSSR count). The molecule has 0 atom stereocenters. The molecule has 3 aliphatic heterocycles. The highest BCUT2D eigenvalue weighted by Crippen LogP contribution is 2.29. The van der Waals surface area contributed by atoms with Crippen molar-refractivity contribution in [3.05, 3.63) is 33.4 Å². The average Bonchev–Trinajstić information content (AvgIpc) is 2.91. The number of nitrogens with zero attached hydrogens (tertiary/aromatic N) is 3. The van der Waals surface area contributed by atoms with Crippen LogP contribution < -0.4 is 15.4 Å². The Morgan fingerprint density at radius 1 is 0.744 bits per heavy atom. The van der Waals surface area contributed by atoms with Crippen molar-refractivity contribution in [2.75, 3.05) is 99.2 Å². The summed E-state index contributed by atoms with van der Waals surface area (Å²) in [5.41, 5.74) is 0.721. The first-order valence-corrected chi connectivity index (χ1v) is 13.1. The van der Waals surface area contributed by atoms with Crippen LogP contribution in [0.25, 0.3) is 0 Å². The summed E-state index contributed by atoms with van der Waals surface area (Å²) in [4.78, 5) is 40.6. The molecule has 0 aromatic heterocycles. The van der Waals surface area contributed by atoms with Crippen molar-refractivity contribution in [2.45, 2.75) is 13.1 Å². The normalized spacial score (nSPS) is 23.7. The molecule has 39 heavy (non-hydrogen) atoms. The van der Waals surface area contributed by atoms with Crippen LogP contribution in [0.4, 0.5) is 5.69 Å². The van der Waals surface area contributed by atoms with Crippen molar-refractivity contribution in [2.24, 2.45) is 0 Å². The summed E-state index contributed by atoms with van der Waals surface area (Å²) in [6.07, 6.45) is 0. The smallest absolute Gasteiger partial charge is 0.270 e. The first-order chi connectivity index (χ1) is 19.0. The van der Waals surface area contributed by atoms with E-state index in [9.17, 15) is 19.7 Å². The van der Waals surface area contributed by atoms with Crippen LogP contribution in [0.3, 0.4) is 0 Å². The number of carbonyl (C=O) groups excluding carboxylic acids is 2. The number of ether oxygens (including phenoxy) is 5. The monoisotopic (exact) mass is 553 g/mol. The Hall–Kier alpha value is -2.88. The minimum Gasteiger partial charge on any atom is -0.496 e. The Morgan fingerprint density at radius 3 is 1.46 bits per heavy atom. The van der Waals surface area contributed by atoms with E-state index in [1.165, 1.54) is 19.2 Å². The van der Waals surface area contributed by atoms with Crippen LogP contribution in [-0.2, 0) is 41.6 Å². The van der Waals surface area contributed by atoms with Crippen molar-refractivity contribution >= 4 is 17.5 Å². The van der Waals surface area contributed by atoms with E-state index in [2.05, 4.69) is 10.6 Å². The highest BCUT2D eigenvalue weighted by Gasteiger charge is 2.20. The van der Waals surface area contributed by atoms with Gasteiger partial charge in [-0.25, -0.2) is 0 Å². The lowest BCUT2D eigenvalue weighted by Gasteiger charge is -2.23. The average molecular weight is 554 g/mol. The number of nitro groups is 1. The SMILES string of the molecule is COc1c2cc([N+](=O)[O-])cc1CNC(=O)CN1CCOCCOCCN(CCOCCOCC1)CC(=O)NC2. The van der Waals surface area contributed by atoms with Crippen LogP contribution in [0.15, 0.2) is 12.1 Å². The molecule has 0 spiro atoms. The van der Waals surface area contributed by atoms with Crippen LogP contribution >= 0.6 is 0 Å². The Balaban J connectivity index is 1.87. The number of non-ortho nitro benzene ring substituents is 1. The largest absolute Gasteiger partial charge is 0.496 e. The van der Waals surface area contributed by atoms with E-state index in [4.69, 9.17) is 23.7 Å². The van der Waals surface area contributed by atoms with Crippen LogP contribution in [0.2, 0.25) is 0 Å². The van der Waals surface area contributed by atoms with E-state index in [1.54, 1.807) is 0 Å². The maximum Gasteiger partial charge on any atom is 0.270 e. The molecule has 0 radical (unpaired) electrons. The Kier molecular flexibility index (Phi) is 13.3. The zero-order valence-electron chi connectivity index (χ0n) is 22.5. The summed E-state index contributed by atoms with van der Waals surface area (Å²) >= 11 is 0. The molecule has 14 heteroatoms. The molecule has 0 unspecified atom stereocenters. The lowest BCUT2D eigenvalue weighted by molar-refractivity contribution is -0.385. The summed E-state index contributed by atoms with van der Waals surface area (Å²) in [5.74, 6) is -0.154. The summed E-state index contributed by atoms with van der Waals surface area (Å²) in [5, 5.41) is 17.3. The maximum atomic E-state index is 12.8. The van der Waals surface area contributed by atoms with Crippen molar-refractivity contribution in [3.63, 3.8) is 0 Å². The number of carbonyl (C=O) groups is 2. The van der Waals surface area contributed by atoms with Gasteiger partial charge in [0.2, 0.25) is 11.8 Å². The van der Waals surface area contributed by atoms with Gasteiger partial charge >= 0.3 is 0 Å². The number of hydrogen-bond acceptors (Lipinski definition) is 11. The van der Waals surface area contributed by atoms with Gasteiger partial charge < -0.3 is 34.3 Å². The van der Waals surface area contributed by atoms with E-state index >= 15 is 0 Å². The Labute approximate surface area is 228 Å². The van der Waals surface area contributed by atoms with E-state index in [0.717, 1.165) is 0 Å². The molecule has 1 aromatic carbocycles. The lowest BCUT2D eigenvalue weighted by Crippen LogP contribution is -2.40. The molecule has 3 heterocycles. The van der Waals surface area contributed by atoms with Gasteiger partial charge in [0.25, 0.3) is 5.69 Å². The molecule has 2 N–H and O–H groups in total. The number of methoxy groups -OCH3 is 1. The van der Waals surface area contributed by atoms with Gasteiger partial charge in [0.15, 0.2) is 0 Å². The standard InChI is InChI=1S/C25H39N5O9/c1-35-25-20-14-22(30(33)34)15-21(25)17-27-24(32)19-29-4-8-38-11-10-36-6-2-28(18-23(31)26-16-20)3-7-37-12-13-39-9-5-29/h14-15H,2-13,16-19H2,1H3,(H,26,31)(H,27,32). The van der Waals surface area contributed by atoms with Crippen molar-refractivity contribution in [3.8, 4) is 5.75 Å². The summed E-state index contributed by atoms with van der Waals surface area (Å²) in [6, 6.07) is 2.74. The predicted octanol–water partition coefficient (Wildman–Crippen LogP) is -0.467. The number of rotatable bonds is 2. The van der Waals surface area contributed by atoms with E-state index < -0.39 is 4.92 Å². The van der Waals surface area contributed by atoms with Gasteiger partial charge in [-0.2, -0.15) is 0 Å². The third kappa shape index (κ3) is 11.0. The molecule has 1 saturated heterocycles. The van der Waals surface area contributed by atoms with E-state index in [1.807, 2.05) is 9.80 Å².